The van der Waals surface area contributed by atoms with Gasteiger partial charge in [0.15, 0.2) is 9.84 Å². The molecular formula is C13H21F3N2O2S2. The van der Waals surface area contributed by atoms with Gasteiger partial charge in [0.05, 0.1) is 11.0 Å². The molecule has 0 atom stereocenters. The van der Waals surface area contributed by atoms with Gasteiger partial charge in [0.25, 0.3) is 0 Å². The van der Waals surface area contributed by atoms with Crippen LogP contribution in [0, 0.1) is 0 Å². The summed E-state index contributed by atoms with van der Waals surface area (Å²) < 4.78 is 60.2. The fraction of sp³-hybridized carbons (Fsp3) is 0.846. The summed E-state index contributed by atoms with van der Waals surface area (Å²) >= 11 is 0.588. The molecule has 1 aromatic rings. The van der Waals surface area contributed by atoms with Crippen LogP contribution in [0.2, 0.25) is 0 Å². The molecule has 0 spiro atoms. The van der Waals surface area contributed by atoms with E-state index in [1.165, 1.54) is 0 Å². The highest BCUT2D eigenvalue weighted by Crippen LogP contribution is 2.31. The summed E-state index contributed by atoms with van der Waals surface area (Å²) in [6.45, 7) is 3.35. The Morgan fingerprint density at radius 1 is 1.05 bits per heavy atom. The summed E-state index contributed by atoms with van der Waals surface area (Å²) in [5, 5.41) is 5.83. The van der Waals surface area contributed by atoms with E-state index >= 15 is 0 Å². The topological polar surface area (TPSA) is 59.9 Å². The smallest absolute Gasteiger partial charge is 0.229 e. The minimum absolute atomic E-state index is 0.204. The number of unbranched alkanes of at least 4 members (excludes halogenated alkanes) is 4. The van der Waals surface area contributed by atoms with Gasteiger partial charge in [0.1, 0.15) is 5.01 Å². The normalized spacial score (nSPS) is 13.0. The number of hydrogen-bond acceptors (Lipinski definition) is 5. The molecule has 1 heterocycles. The van der Waals surface area contributed by atoms with Gasteiger partial charge >= 0.3 is 6.18 Å². The highest BCUT2D eigenvalue weighted by Gasteiger charge is 2.35. The first-order chi connectivity index (χ1) is 10.1. The van der Waals surface area contributed by atoms with Crippen molar-refractivity contribution in [3.05, 3.63) is 10.0 Å². The van der Waals surface area contributed by atoms with Gasteiger partial charge in [-0.2, -0.15) is 13.2 Å². The zero-order chi connectivity index (χ0) is 16.8. The molecule has 0 saturated carbocycles. The SMILES string of the molecule is CC(C)S(=O)(=O)CCCCCCCc1nnc(C(F)(F)F)s1. The first-order valence-corrected chi connectivity index (χ1v) is 9.77. The molecule has 4 nitrogen and oxygen atoms in total. The Labute approximate surface area is 133 Å². The Morgan fingerprint density at radius 3 is 2.18 bits per heavy atom. The molecular weight excluding hydrogens is 337 g/mol. The Hall–Kier alpha value is -0.700. The highest BCUT2D eigenvalue weighted by molar-refractivity contribution is 7.91. The molecule has 0 aliphatic rings. The van der Waals surface area contributed by atoms with Gasteiger partial charge in [-0.1, -0.05) is 30.6 Å². The summed E-state index contributed by atoms with van der Waals surface area (Å²) in [5.41, 5.74) is 0. The van der Waals surface area contributed by atoms with Gasteiger partial charge in [-0.05, 0) is 26.7 Å². The fourth-order valence-corrected chi connectivity index (χ4v) is 3.64. The van der Waals surface area contributed by atoms with Gasteiger partial charge in [-0.15, -0.1) is 10.2 Å². The number of halogens is 3. The second-order valence-electron chi connectivity index (χ2n) is 5.43. The Morgan fingerprint density at radius 2 is 1.64 bits per heavy atom. The van der Waals surface area contributed by atoms with Crippen molar-refractivity contribution in [3.63, 3.8) is 0 Å². The second kappa shape index (κ2) is 8.24. The molecule has 0 N–H and O–H groups in total. The molecule has 0 bridgehead atoms. The number of nitrogens with zero attached hydrogens (tertiary/aromatic N) is 2. The van der Waals surface area contributed by atoms with Crippen LogP contribution in [-0.2, 0) is 22.4 Å². The lowest BCUT2D eigenvalue weighted by Gasteiger charge is -2.06. The van der Waals surface area contributed by atoms with Crippen LogP contribution in [0.3, 0.4) is 0 Å². The van der Waals surface area contributed by atoms with E-state index in [1.54, 1.807) is 13.8 Å². The fourth-order valence-electron chi connectivity index (χ4n) is 1.81. The summed E-state index contributed by atoms with van der Waals surface area (Å²) in [5.74, 6) is 0.204. The lowest BCUT2D eigenvalue weighted by Crippen LogP contribution is -2.17. The van der Waals surface area contributed by atoms with Crippen LogP contribution in [-0.4, -0.2) is 29.6 Å². The first-order valence-electron chi connectivity index (χ1n) is 7.24. The van der Waals surface area contributed by atoms with Crippen molar-refractivity contribution in [1.29, 1.82) is 0 Å². The Balaban J connectivity index is 2.15. The zero-order valence-corrected chi connectivity index (χ0v) is 14.3. The van der Waals surface area contributed by atoms with E-state index in [-0.39, 0.29) is 11.0 Å². The third kappa shape index (κ3) is 6.60. The summed E-state index contributed by atoms with van der Waals surface area (Å²) in [7, 11) is -2.97. The number of hydrogen-bond donors (Lipinski definition) is 0. The van der Waals surface area contributed by atoms with Crippen LogP contribution >= 0.6 is 11.3 Å². The lowest BCUT2D eigenvalue weighted by molar-refractivity contribution is -0.138. The van der Waals surface area contributed by atoms with E-state index in [9.17, 15) is 21.6 Å². The molecule has 0 aliphatic heterocycles. The van der Waals surface area contributed by atoms with Crippen LogP contribution in [0.4, 0.5) is 13.2 Å². The standard InChI is InChI=1S/C13H21F3N2O2S2/c1-10(2)22(19,20)9-7-5-3-4-6-8-11-17-18-12(21-11)13(14,15)16/h10H,3-9H2,1-2H3. The van der Waals surface area contributed by atoms with Crippen molar-refractivity contribution in [3.8, 4) is 0 Å². The molecule has 0 radical (unpaired) electrons. The maximum absolute atomic E-state index is 12.3. The van der Waals surface area contributed by atoms with Crippen LogP contribution in [0.5, 0.6) is 0 Å². The molecule has 0 saturated heterocycles. The number of alkyl halides is 3. The number of aromatic nitrogens is 2. The molecule has 9 heteroatoms. The van der Waals surface area contributed by atoms with E-state index in [1.807, 2.05) is 0 Å². The lowest BCUT2D eigenvalue weighted by atomic mass is 10.1. The van der Waals surface area contributed by atoms with E-state index in [0.29, 0.717) is 29.2 Å². The molecule has 1 rings (SSSR count). The van der Waals surface area contributed by atoms with Crippen molar-refractivity contribution in [2.24, 2.45) is 0 Å². The molecule has 0 aromatic carbocycles. The number of sulfone groups is 1. The number of aryl methyl sites for hydroxylation is 1. The molecule has 1 aromatic heterocycles. The van der Waals surface area contributed by atoms with E-state index < -0.39 is 21.0 Å². The maximum Gasteiger partial charge on any atom is 0.445 e. The third-order valence-electron chi connectivity index (χ3n) is 3.25. The average Bonchev–Trinajstić information content (AvgIpc) is 2.86. The molecule has 0 amide bonds. The van der Waals surface area contributed by atoms with Crippen molar-refractivity contribution >= 4 is 21.2 Å². The molecule has 128 valence electrons. The minimum Gasteiger partial charge on any atom is -0.229 e. The molecule has 0 unspecified atom stereocenters. The highest BCUT2D eigenvalue weighted by atomic mass is 32.2. The minimum atomic E-state index is -4.42. The Kier molecular flexibility index (Phi) is 7.24. The average molecular weight is 358 g/mol. The summed E-state index contributed by atoms with van der Waals surface area (Å²) in [6, 6.07) is 0. The largest absolute Gasteiger partial charge is 0.445 e. The predicted octanol–water partition coefficient (Wildman–Crippen LogP) is 3.87. The second-order valence-corrected chi connectivity index (χ2v) is 9.17. The van der Waals surface area contributed by atoms with Crippen LogP contribution in [0.1, 0.15) is 56.0 Å². The quantitative estimate of drug-likeness (QED) is 0.629. The predicted molar refractivity (Wildman–Crippen MR) is 80.6 cm³/mol. The van der Waals surface area contributed by atoms with Gasteiger partial charge < -0.3 is 0 Å². The van der Waals surface area contributed by atoms with Crippen molar-refractivity contribution in [2.75, 3.05) is 5.75 Å². The van der Waals surface area contributed by atoms with Gasteiger partial charge in [0.2, 0.25) is 5.01 Å². The monoisotopic (exact) mass is 358 g/mol. The van der Waals surface area contributed by atoms with Gasteiger partial charge in [-0.3, -0.25) is 0 Å². The van der Waals surface area contributed by atoms with E-state index in [4.69, 9.17) is 0 Å². The van der Waals surface area contributed by atoms with Crippen LogP contribution < -0.4 is 0 Å². The summed E-state index contributed by atoms with van der Waals surface area (Å²) in [6.07, 6.45) is -0.0199. The van der Waals surface area contributed by atoms with Crippen LogP contribution in [0.25, 0.3) is 0 Å². The third-order valence-corrected chi connectivity index (χ3v) is 6.57. The maximum atomic E-state index is 12.3. The van der Waals surface area contributed by atoms with E-state index in [2.05, 4.69) is 10.2 Å². The van der Waals surface area contributed by atoms with Crippen molar-refractivity contribution in [1.82, 2.24) is 10.2 Å². The number of rotatable bonds is 9. The molecule has 22 heavy (non-hydrogen) atoms. The zero-order valence-electron chi connectivity index (χ0n) is 12.7. The van der Waals surface area contributed by atoms with Crippen molar-refractivity contribution < 1.29 is 21.6 Å². The van der Waals surface area contributed by atoms with Crippen LogP contribution in [0.15, 0.2) is 0 Å². The van der Waals surface area contributed by atoms with Crippen molar-refractivity contribution in [2.45, 2.75) is 63.8 Å². The summed E-state index contributed by atoms with van der Waals surface area (Å²) in [4.78, 5) is 0. The Bertz CT molecular complexity index is 554. The molecule has 0 fully saturated rings. The molecule has 0 aliphatic carbocycles. The van der Waals surface area contributed by atoms with E-state index in [0.717, 1.165) is 25.7 Å². The van der Waals surface area contributed by atoms with Gasteiger partial charge in [-0.25, -0.2) is 8.42 Å². The van der Waals surface area contributed by atoms with Gasteiger partial charge in [0, 0.05) is 6.42 Å². The first kappa shape index (κ1) is 19.3.